The van der Waals surface area contributed by atoms with Crippen LogP contribution < -0.4 is 0 Å². The third kappa shape index (κ3) is 23.3. The van der Waals surface area contributed by atoms with Crippen molar-refractivity contribution in [1.29, 1.82) is 0 Å². The maximum absolute atomic E-state index is 12.0. The summed E-state index contributed by atoms with van der Waals surface area (Å²) in [7, 11) is 6.00. The molecule has 0 N–H and O–H groups in total. The molecular formula is C22H45NO2. The number of Topliss-reactive ketones (excluding diaryl/α,β-unsaturated/α-hetero) is 2. The van der Waals surface area contributed by atoms with E-state index in [4.69, 9.17) is 0 Å². The van der Waals surface area contributed by atoms with Gasteiger partial charge in [0.25, 0.3) is 0 Å². The van der Waals surface area contributed by atoms with Crippen LogP contribution in [0.15, 0.2) is 0 Å². The molecule has 0 heterocycles. The van der Waals surface area contributed by atoms with Crippen LogP contribution in [0.3, 0.4) is 0 Å². The molecule has 0 radical (unpaired) electrons. The van der Waals surface area contributed by atoms with Gasteiger partial charge in [-0.05, 0) is 34.0 Å². The summed E-state index contributed by atoms with van der Waals surface area (Å²) in [5, 5.41) is 0. The van der Waals surface area contributed by atoms with E-state index in [9.17, 15) is 9.59 Å². The molecule has 0 aliphatic heterocycles. The number of hydrogen-bond acceptors (Lipinski definition) is 3. The highest BCUT2D eigenvalue weighted by atomic mass is 16.1. The Morgan fingerprint density at radius 2 is 1.12 bits per heavy atom. The minimum atomic E-state index is -0.0701. The van der Waals surface area contributed by atoms with Gasteiger partial charge in [-0.25, -0.2) is 0 Å². The van der Waals surface area contributed by atoms with Gasteiger partial charge in [0.05, 0.1) is 0 Å². The second-order valence-corrected chi connectivity index (χ2v) is 7.78. The highest BCUT2D eigenvalue weighted by Crippen LogP contribution is 2.14. The fourth-order valence-electron chi connectivity index (χ4n) is 2.63. The Bertz CT molecular complexity index is 310. The summed E-state index contributed by atoms with van der Waals surface area (Å²) in [6.07, 6.45) is 13.5. The minimum Gasteiger partial charge on any atom is -0.312 e. The molecule has 0 aromatic heterocycles. The van der Waals surface area contributed by atoms with Crippen LogP contribution >= 0.6 is 0 Å². The Labute approximate surface area is 157 Å². The van der Waals surface area contributed by atoms with Crippen LogP contribution in [0, 0.1) is 5.92 Å². The van der Waals surface area contributed by atoms with Crippen molar-refractivity contribution in [3.05, 3.63) is 0 Å². The summed E-state index contributed by atoms with van der Waals surface area (Å²) in [4.78, 5) is 25.8. The first kappa shape index (κ1) is 26.5. The van der Waals surface area contributed by atoms with Gasteiger partial charge in [0.15, 0.2) is 0 Å². The zero-order valence-corrected chi connectivity index (χ0v) is 18.0. The third-order valence-electron chi connectivity index (χ3n) is 4.17. The first-order chi connectivity index (χ1) is 11.8. The number of unbranched alkanes of at least 4 members (excludes halogenated alkanes) is 8. The van der Waals surface area contributed by atoms with Crippen molar-refractivity contribution >= 4 is 11.6 Å². The molecule has 0 saturated heterocycles. The van der Waals surface area contributed by atoms with E-state index in [0.717, 1.165) is 25.7 Å². The highest BCUT2D eigenvalue weighted by molar-refractivity contribution is 5.87. The molecule has 1 unspecified atom stereocenters. The Hall–Kier alpha value is -0.700. The number of carbonyl (C=O) groups excluding carboxylic acids is 2. The van der Waals surface area contributed by atoms with E-state index in [1.807, 2.05) is 33.0 Å². The van der Waals surface area contributed by atoms with E-state index in [1.54, 1.807) is 0 Å². The monoisotopic (exact) mass is 355 g/mol. The lowest BCUT2D eigenvalue weighted by Gasteiger charge is -2.09. The number of hydrogen-bond donors (Lipinski definition) is 0. The molecular weight excluding hydrogens is 310 g/mol. The lowest BCUT2D eigenvalue weighted by molar-refractivity contribution is -0.127. The molecule has 0 saturated carbocycles. The molecule has 3 heteroatoms. The van der Waals surface area contributed by atoms with Crippen molar-refractivity contribution in [1.82, 2.24) is 4.90 Å². The molecule has 150 valence electrons. The fourth-order valence-corrected chi connectivity index (χ4v) is 2.63. The average Bonchev–Trinajstić information content (AvgIpc) is 2.53. The van der Waals surface area contributed by atoms with E-state index in [0.29, 0.717) is 19.3 Å². The normalized spacial score (nSPS) is 11.8. The number of rotatable bonds is 15. The summed E-state index contributed by atoms with van der Waals surface area (Å²) in [6.45, 7) is 6.31. The highest BCUT2D eigenvalue weighted by Gasteiger charge is 2.16. The van der Waals surface area contributed by atoms with Crippen LogP contribution in [0.2, 0.25) is 0 Å². The Kier molecular flexibility index (Phi) is 20.8. The lowest BCUT2D eigenvalue weighted by Crippen LogP contribution is -2.15. The number of carbonyl (C=O) groups is 2. The van der Waals surface area contributed by atoms with Crippen molar-refractivity contribution in [2.24, 2.45) is 5.92 Å². The maximum Gasteiger partial charge on any atom is 0.136 e. The Morgan fingerprint density at radius 3 is 1.56 bits per heavy atom. The van der Waals surface area contributed by atoms with Gasteiger partial charge in [0, 0.05) is 25.2 Å². The van der Waals surface area contributed by atoms with Gasteiger partial charge in [-0.3, -0.25) is 9.59 Å². The van der Waals surface area contributed by atoms with Gasteiger partial charge in [-0.1, -0.05) is 72.1 Å². The van der Waals surface area contributed by atoms with Gasteiger partial charge in [-0.15, -0.1) is 0 Å². The smallest absolute Gasteiger partial charge is 0.136 e. The number of nitrogens with zero attached hydrogens (tertiary/aromatic N) is 1. The van der Waals surface area contributed by atoms with E-state index < -0.39 is 0 Å². The standard InChI is InChI=1S/C19H36O2.C3H9N/c1-4-6-8-10-12-14-18(20)16-17(3)19(21)15-13-11-9-7-5-2;1-4(2)3/h17H,4-16H2,1-3H3;1-3H3. The van der Waals surface area contributed by atoms with Gasteiger partial charge >= 0.3 is 0 Å². The summed E-state index contributed by atoms with van der Waals surface area (Å²) in [6, 6.07) is 0. The quantitative estimate of drug-likeness (QED) is 0.336. The molecule has 1 atom stereocenters. The van der Waals surface area contributed by atoms with Crippen molar-refractivity contribution in [3.8, 4) is 0 Å². The van der Waals surface area contributed by atoms with Crippen LogP contribution in [-0.2, 0) is 9.59 Å². The predicted octanol–water partition coefficient (Wildman–Crippen LogP) is 6.05. The molecule has 0 aromatic rings. The Balaban J connectivity index is 0. The van der Waals surface area contributed by atoms with Crippen LogP contribution in [-0.4, -0.2) is 37.6 Å². The van der Waals surface area contributed by atoms with Gasteiger partial charge < -0.3 is 4.90 Å². The predicted molar refractivity (Wildman–Crippen MR) is 110 cm³/mol. The average molecular weight is 356 g/mol. The summed E-state index contributed by atoms with van der Waals surface area (Å²) in [5.41, 5.74) is 0. The molecule has 0 fully saturated rings. The van der Waals surface area contributed by atoms with Crippen LogP contribution in [0.4, 0.5) is 0 Å². The second-order valence-electron chi connectivity index (χ2n) is 7.78. The molecule has 0 amide bonds. The SMILES string of the molecule is CCCCCCCC(=O)CC(C)C(=O)CCCCCCC.CN(C)C. The fraction of sp³-hybridized carbons (Fsp3) is 0.909. The van der Waals surface area contributed by atoms with Crippen LogP contribution in [0.25, 0.3) is 0 Å². The van der Waals surface area contributed by atoms with Crippen molar-refractivity contribution < 1.29 is 9.59 Å². The molecule has 0 aliphatic carbocycles. The van der Waals surface area contributed by atoms with E-state index in [2.05, 4.69) is 13.8 Å². The minimum absolute atomic E-state index is 0.0701. The molecule has 3 nitrogen and oxygen atoms in total. The molecule has 25 heavy (non-hydrogen) atoms. The van der Waals surface area contributed by atoms with E-state index in [1.165, 1.54) is 38.5 Å². The second kappa shape index (κ2) is 19.6. The van der Waals surface area contributed by atoms with Gasteiger partial charge in [0.1, 0.15) is 11.6 Å². The molecule has 0 rings (SSSR count). The largest absolute Gasteiger partial charge is 0.312 e. The number of ketones is 2. The Morgan fingerprint density at radius 1 is 0.720 bits per heavy atom. The summed E-state index contributed by atoms with van der Waals surface area (Å²) in [5.74, 6) is 0.489. The molecule has 0 aromatic carbocycles. The van der Waals surface area contributed by atoms with Crippen molar-refractivity contribution in [2.45, 2.75) is 104 Å². The molecule has 0 bridgehead atoms. The van der Waals surface area contributed by atoms with Crippen LogP contribution in [0.5, 0.6) is 0 Å². The van der Waals surface area contributed by atoms with Crippen LogP contribution in [0.1, 0.15) is 104 Å². The first-order valence-electron chi connectivity index (χ1n) is 10.5. The van der Waals surface area contributed by atoms with Crippen molar-refractivity contribution in [2.75, 3.05) is 21.1 Å². The third-order valence-corrected chi connectivity index (χ3v) is 4.17. The zero-order chi connectivity index (χ0) is 19.5. The molecule has 0 spiro atoms. The summed E-state index contributed by atoms with van der Waals surface area (Å²) < 4.78 is 0. The molecule has 0 aliphatic rings. The van der Waals surface area contributed by atoms with Gasteiger partial charge in [-0.2, -0.15) is 0 Å². The zero-order valence-electron chi connectivity index (χ0n) is 18.0. The summed E-state index contributed by atoms with van der Waals surface area (Å²) >= 11 is 0. The van der Waals surface area contributed by atoms with E-state index >= 15 is 0 Å². The topological polar surface area (TPSA) is 37.4 Å². The maximum atomic E-state index is 12.0. The lowest BCUT2D eigenvalue weighted by atomic mass is 9.94. The van der Waals surface area contributed by atoms with Crippen molar-refractivity contribution in [3.63, 3.8) is 0 Å². The van der Waals surface area contributed by atoms with Gasteiger partial charge in [0.2, 0.25) is 0 Å². The van der Waals surface area contributed by atoms with E-state index in [-0.39, 0.29) is 17.5 Å². The first-order valence-corrected chi connectivity index (χ1v) is 10.5.